The van der Waals surface area contributed by atoms with E-state index in [1.165, 1.54) is 21.1 Å². The van der Waals surface area contributed by atoms with Crippen molar-refractivity contribution < 1.29 is 28.0 Å². The number of amides is 2. The highest BCUT2D eigenvalue weighted by atomic mass is 32.2. The lowest BCUT2D eigenvalue weighted by molar-refractivity contribution is -0.134. The van der Waals surface area contributed by atoms with Crippen LogP contribution in [0, 0.1) is 0 Å². The molecule has 0 radical (unpaired) electrons. The normalized spacial score (nSPS) is 19.2. The number of piperazine rings is 1. The first-order valence-corrected chi connectivity index (χ1v) is 12.7. The van der Waals surface area contributed by atoms with Crippen LogP contribution in [0.2, 0.25) is 0 Å². The topological polar surface area (TPSA) is 155 Å². The van der Waals surface area contributed by atoms with Gasteiger partial charge in [-0.1, -0.05) is 29.5 Å². The van der Waals surface area contributed by atoms with Crippen LogP contribution in [0.1, 0.15) is 23.2 Å². The largest absolute Gasteiger partial charge is 0.381 e. The van der Waals surface area contributed by atoms with Gasteiger partial charge in [-0.2, -0.15) is 4.31 Å². The molecule has 178 valence electrons. The van der Waals surface area contributed by atoms with Gasteiger partial charge in [0.2, 0.25) is 15.9 Å². The average Bonchev–Trinajstić information content (AvgIpc) is 3.34. The molecule has 4 N–H and O–H groups in total. The van der Waals surface area contributed by atoms with Gasteiger partial charge in [-0.05, 0) is 6.07 Å². The van der Waals surface area contributed by atoms with Crippen LogP contribution in [-0.2, 0) is 19.6 Å². The molecule has 4 rings (SSSR count). The molecular formula is C20H25N5O6S2. The molecule has 0 spiro atoms. The first-order chi connectivity index (χ1) is 15.8. The number of nitrogens with zero attached hydrogens (tertiary/aromatic N) is 3. The fourth-order valence-electron chi connectivity index (χ4n) is 4.22. The number of aromatic nitrogens is 1. The molecule has 13 heteroatoms. The lowest BCUT2D eigenvalue weighted by atomic mass is 9.98. The Bertz CT molecular complexity index is 1140. The summed E-state index contributed by atoms with van der Waals surface area (Å²) in [4.78, 5) is 31.4. The summed E-state index contributed by atoms with van der Waals surface area (Å²) in [5.74, 6) is -1.45. The number of hydrogen-bond acceptors (Lipinski definition) is 9. The fourth-order valence-corrected chi connectivity index (χ4v) is 7.33. The summed E-state index contributed by atoms with van der Waals surface area (Å²) < 4.78 is 31.7. The molecule has 0 unspecified atom stereocenters. The van der Waals surface area contributed by atoms with Gasteiger partial charge in [-0.25, -0.2) is 18.9 Å². The summed E-state index contributed by atoms with van der Waals surface area (Å²) in [5, 5.41) is 9.89. The second kappa shape index (κ2) is 9.35. The third-order valence-corrected chi connectivity index (χ3v) is 9.83. The van der Waals surface area contributed by atoms with E-state index >= 15 is 0 Å². The van der Waals surface area contributed by atoms with Gasteiger partial charge < -0.3 is 15.4 Å². The van der Waals surface area contributed by atoms with Crippen molar-refractivity contribution in [2.24, 2.45) is 5.73 Å². The van der Waals surface area contributed by atoms with E-state index in [-0.39, 0.29) is 39.1 Å². The molecule has 2 saturated heterocycles. The van der Waals surface area contributed by atoms with Crippen molar-refractivity contribution >= 4 is 38.3 Å². The predicted octanol–water partition coefficient (Wildman–Crippen LogP) is 0.415. The van der Waals surface area contributed by atoms with Crippen molar-refractivity contribution in [2.45, 2.75) is 17.6 Å². The lowest BCUT2D eigenvalue weighted by Gasteiger charge is -2.41. The molecule has 11 nitrogen and oxygen atoms in total. The molecule has 0 saturated carbocycles. The lowest BCUT2D eigenvalue weighted by Crippen LogP contribution is -2.62. The first-order valence-electron chi connectivity index (χ1n) is 10.4. The van der Waals surface area contributed by atoms with Gasteiger partial charge >= 0.3 is 0 Å². The van der Waals surface area contributed by atoms with Gasteiger partial charge in [-0.3, -0.25) is 14.8 Å². The van der Waals surface area contributed by atoms with Gasteiger partial charge in [0.05, 0.1) is 4.88 Å². The zero-order chi connectivity index (χ0) is 23.6. The van der Waals surface area contributed by atoms with Crippen LogP contribution in [-0.4, -0.2) is 78.9 Å². The number of primary amides is 1. The molecule has 33 heavy (non-hydrogen) atoms. The van der Waals surface area contributed by atoms with Crippen LogP contribution in [0.3, 0.4) is 0 Å². The number of nitrogens with two attached hydrogens (primary N) is 1. The van der Waals surface area contributed by atoms with E-state index < -0.39 is 26.6 Å². The van der Waals surface area contributed by atoms with Crippen molar-refractivity contribution in [1.29, 1.82) is 0 Å². The molecule has 2 amide bonds. The van der Waals surface area contributed by atoms with Gasteiger partial charge in [0, 0.05) is 69.6 Å². The summed E-state index contributed by atoms with van der Waals surface area (Å²) in [6.45, 7) is 1.38. The number of hydrogen-bond donors (Lipinski definition) is 3. The summed E-state index contributed by atoms with van der Waals surface area (Å²) in [6.07, 6.45) is 1.64. The van der Waals surface area contributed by atoms with Crippen molar-refractivity contribution in [3.05, 3.63) is 36.0 Å². The maximum Gasteiger partial charge on any atom is 0.266 e. The van der Waals surface area contributed by atoms with Gasteiger partial charge in [-0.15, -0.1) is 0 Å². The molecule has 3 heterocycles. The second-order valence-corrected chi connectivity index (χ2v) is 11.1. The third-order valence-electron chi connectivity index (χ3n) is 6.11. The monoisotopic (exact) mass is 495 g/mol. The van der Waals surface area contributed by atoms with Crippen LogP contribution in [0.5, 0.6) is 0 Å². The predicted molar refractivity (Wildman–Crippen MR) is 121 cm³/mol. The number of carbonyl (C=O) groups is 2. The van der Waals surface area contributed by atoms with E-state index in [2.05, 4.69) is 4.98 Å². The van der Waals surface area contributed by atoms with Crippen LogP contribution < -0.4 is 16.1 Å². The zero-order valence-electron chi connectivity index (χ0n) is 17.8. The number of nitrogens with one attached hydrogen (secondary N) is 1. The second-order valence-electron chi connectivity index (χ2n) is 7.86. The summed E-state index contributed by atoms with van der Waals surface area (Å²) in [5.41, 5.74) is 8.13. The van der Waals surface area contributed by atoms with E-state index in [4.69, 9.17) is 10.5 Å². The van der Waals surface area contributed by atoms with E-state index in [0.717, 1.165) is 4.88 Å². The number of sulfonamides is 1. The fraction of sp³-hybridized carbons (Fsp3) is 0.450. The number of rotatable bonds is 6. The van der Waals surface area contributed by atoms with Crippen LogP contribution in [0.15, 0.2) is 30.5 Å². The Labute approximate surface area is 195 Å². The van der Waals surface area contributed by atoms with Crippen molar-refractivity contribution in [3.8, 4) is 10.4 Å². The number of ether oxygens (including phenoxy) is 1. The van der Waals surface area contributed by atoms with Crippen molar-refractivity contribution in [1.82, 2.24) is 14.8 Å². The zero-order valence-corrected chi connectivity index (χ0v) is 19.4. The first kappa shape index (κ1) is 23.6. The van der Waals surface area contributed by atoms with Gasteiger partial charge in [0.1, 0.15) is 0 Å². The smallest absolute Gasteiger partial charge is 0.266 e. The maximum absolute atomic E-state index is 13.4. The molecule has 1 aromatic heterocycles. The molecule has 2 fully saturated rings. The molecule has 2 aromatic rings. The molecule has 0 atom stereocenters. The number of anilines is 1. The third kappa shape index (κ3) is 4.22. The Morgan fingerprint density at radius 1 is 1.15 bits per heavy atom. The standard InChI is InChI=1S/C20H25N5O6S2/c21-17(26)15-4-2-1-3-14(15)16-13-22-19(32-16)24-7-9-25(10-8-24)33(29,30)20(18(27)23-28)5-11-31-12-6-20/h1-4,13,28H,5-12H2,(H2,21,26)(H,23,27). The van der Waals surface area contributed by atoms with Crippen LogP contribution in [0.4, 0.5) is 5.13 Å². The highest BCUT2D eigenvalue weighted by molar-refractivity contribution is 7.91. The minimum Gasteiger partial charge on any atom is -0.381 e. The quantitative estimate of drug-likeness (QED) is 0.385. The highest BCUT2D eigenvalue weighted by Gasteiger charge is 2.54. The summed E-state index contributed by atoms with van der Waals surface area (Å²) in [7, 11) is -4.03. The Hall–Kier alpha value is -2.58. The van der Waals surface area contributed by atoms with E-state index in [1.807, 2.05) is 11.0 Å². The van der Waals surface area contributed by atoms with E-state index in [0.29, 0.717) is 29.3 Å². The van der Waals surface area contributed by atoms with Crippen molar-refractivity contribution in [2.75, 3.05) is 44.3 Å². The number of carbonyl (C=O) groups excluding carboxylic acids is 2. The molecule has 0 aliphatic carbocycles. The maximum atomic E-state index is 13.4. The summed E-state index contributed by atoms with van der Waals surface area (Å²) in [6, 6.07) is 7.03. The Morgan fingerprint density at radius 2 is 1.82 bits per heavy atom. The number of benzene rings is 1. The van der Waals surface area contributed by atoms with Crippen molar-refractivity contribution in [3.63, 3.8) is 0 Å². The highest BCUT2D eigenvalue weighted by Crippen LogP contribution is 2.36. The summed E-state index contributed by atoms with van der Waals surface area (Å²) >= 11 is 1.39. The average molecular weight is 496 g/mol. The minimum absolute atomic E-state index is 0.0168. The molecule has 0 bridgehead atoms. The molecule has 1 aromatic carbocycles. The van der Waals surface area contributed by atoms with E-state index in [1.54, 1.807) is 24.4 Å². The van der Waals surface area contributed by atoms with Gasteiger partial charge in [0.15, 0.2) is 9.88 Å². The molecular weight excluding hydrogens is 470 g/mol. The SMILES string of the molecule is NC(=O)c1ccccc1-c1cnc(N2CCN(S(=O)(=O)C3(C(=O)NO)CCOCC3)CC2)s1. The Morgan fingerprint density at radius 3 is 2.45 bits per heavy atom. The van der Waals surface area contributed by atoms with Gasteiger partial charge in [0.25, 0.3) is 5.91 Å². The molecule has 2 aliphatic heterocycles. The number of thiazole rings is 1. The molecule has 2 aliphatic rings. The minimum atomic E-state index is -4.03. The van der Waals surface area contributed by atoms with Crippen LogP contribution in [0.25, 0.3) is 10.4 Å². The van der Waals surface area contributed by atoms with E-state index in [9.17, 15) is 23.2 Å². The number of hydroxylamine groups is 1. The van der Waals surface area contributed by atoms with Crippen LogP contribution >= 0.6 is 11.3 Å². The Balaban J connectivity index is 1.50. The Kier molecular flexibility index (Phi) is 6.68.